The van der Waals surface area contributed by atoms with Gasteiger partial charge in [-0.3, -0.25) is 24.6 Å². The lowest BCUT2D eigenvalue weighted by Gasteiger charge is -2.35. The minimum atomic E-state index is -1.41. The Labute approximate surface area is 191 Å². The molecule has 4 rings (SSSR count). The van der Waals surface area contributed by atoms with E-state index in [2.05, 4.69) is 5.32 Å². The molecule has 1 aliphatic carbocycles. The largest absolute Gasteiger partial charge is 0.325 e. The smallest absolute Gasteiger partial charge is 0.319 e. The van der Waals surface area contributed by atoms with Gasteiger partial charge in [-0.05, 0) is 49.6 Å². The third-order valence-corrected chi connectivity index (χ3v) is 6.47. The summed E-state index contributed by atoms with van der Waals surface area (Å²) in [6, 6.07) is 14.1. The van der Waals surface area contributed by atoms with E-state index >= 15 is 0 Å². The Morgan fingerprint density at radius 3 is 2.33 bits per heavy atom. The second-order valence-corrected chi connectivity index (χ2v) is 8.64. The van der Waals surface area contributed by atoms with Crippen LogP contribution in [0.15, 0.2) is 54.6 Å². The zero-order valence-electron chi connectivity index (χ0n) is 18.4. The number of rotatable bonds is 6. The van der Waals surface area contributed by atoms with Crippen molar-refractivity contribution in [1.82, 2.24) is 10.2 Å². The van der Waals surface area contributed by atoms with Gasteiger partial charge in [0.2, 0.25) is 5.91 Å². The quantitative estimate of drug-likeness (QED) is 0.409. The Bertz CT molecular complexity index is 1070. The molecule has 1 N–H and O–H groups in total. The number of nitrogens with one attached hydrogen (secondary N) is 1. The Balaban J connectivity index is 1.57. The Hall–Kier alpha value is -3.75. The molecule has 33 heavy (non-hydrogen) atoms. The lowest BCUT2D eigenvalue weighted by Crippen LogP contribution is -2.48. The van der Waals surface area contributed by atoms with Gasteiger partial charge in [-0.25, -0.2) is 4.79 Å². The van der Waals surface area contributed by atoms with Gasteiger partial charge in [0.25, 0.3) is 11.6 Å². The van der Waals surface area contributed by atoms with Crippen LogP contribution < -0.4 is 10.2 Å². The first-order chi connectivity index (χ1) is 15.8. The van der Waals surface area contributed by atoms with Crippen molar-refractivity contribution in [3.8, 4) is 0 Å². The summed E-state index contributed by atoms with van der Waals surface area (Å²) in [4.78, 5) is 52.5. The van der Waals surface area contributed by atoms with E-state index in [9.17, 15) is 24.5 Å². The van der Waals surface area contributed by atoms with Gasteiger partial charge in [0, 0.05) is 23.9 Å². The van der Waals surface area contributed by atoms with E-state index < -0.39 is 22.4 Å². The predicted molar refractivity (Wildman–Crippen MR) is 121 cm³/mol. The molecule has 2 aliphatic rings. The lowest BCUT2D eigenvalue weighted by atomic mass is 9.92. The maximum atomic E-state index is 13.4. The van der Waals surface area contributed by atoms with Crippen LogP contribution in [0, 0.1) is 10.1 Å². The predicted octanol–water partition coefficient (Wildman–Crippen LogP) is 3.73. The molecule has 0 aromatic heterocycles. The summed E-state index contributed by atoms with van der Waals surface area (Å²) in [6.45, 7) is 1.16. The standard InChI is InChI=1S/C24H26N4O5/c1-24(17-12-14-20(15-13-17)28(32)33)22(30)26(23(31)25-24)16-21(29)27(18-8-4-2-5-9-18)19-10-6-3-7-11-19/h2,4-5,8-9,12-15,19H,3,6-7,10-11,16H2,1H3,(H,25,31). The Morgan fingerprint density at radius 2 is 1.73 bits per heavy atom. The maximum absolute atomic E-state index is 13.4. The van der Waals surface area contributed by atoms with Gasteiger partial charge in [0.1, 0.15) is 12.1 Å². The van der Waals surface area contributed by atoms with E-state index in [1.807, 2.05) is 30.3 Å². The molecule has 0 radical (unpaired) electrons. The minimum Gasteiger partial charge on any atom is -0.319 e. The van der Waals surface area contributed by atoms with Gasteiger partial charge < -0.3 is 10.2 Å². The van der Waals surface area contributed by atoms with E-state index in [1.54, 1.807) is 4.90 Å². The second kappa shape index (κ2) is 9.01. The van der Waals surface area contributed by atoms with Gasteiger partial charge in [0.15, 0.2) is 0 Å². The Kier molecular flexibility index (Phi) is 6.13. The number of hydrogen-bond acceptors (Lipinski definition) is 5. The maximum Gasteiger partial charge on any atom is 0.325 e. The number of amides is 4. The summed E-state index contributed by atoms with van der Waals surface area (Å²) in [5, 5.41) is 13.6. The molecule has 1 unspecified atom stereocenters. The number of anilines is 1. The van der Waals surface area contributed by atoms with Crippen molar-refractivity contribution in [1.29, 1.82) is 0 Å². The Morgan fingerprint density at radius 1 is 1.09 bits per heavy atom. The number of para-hydroxylation sites is 1. The van der Waals surface area contributed by atoms with Crippen molar-refractivity contribution >= 4 is 29.2 Å². The fourth-order valence-electron chi connectivity index (χ4n) is 4.65. The molecule has 9 heteroatoms. The van der Waals surface area contributed by atoms with Gasteiger partial charge in [0.05, 0.1) is 4.92 Å². The highest BCUT2D eigenvalue weighted by molar-refractivity contribution is 6.10. The average molecular weight is 450 g/mol. The highest BCUT2D eigenvalue weighted by Crippen LogP contribution is 2.31. The molecule has 2 aromatic rings. The molecule has 1 saturated heterocycles. The van der Waals surface area contributed by atoms with Crippen molar-refractivity contribution < 1.29 is 19.3 Å². The first-order valence-electron chi connectivity index (χ1n) is 11.1. The van der Waals surface area contributed by atoms with Crippen molar-refractivity contribution in [2.24, 2.45) is 0 Å². The molecular weight excluding hydrogens is 424 g/mol. The molecule has 172 valence electrons. The molecule has 9 nitrogen and oxygen atoms in total. The number of urea groups is 1. The van der Waals surface area contributed by atoms with E-state index in [0.29, 0.717) is 5.56 Å². The molecule has 1 aliphatic heterocycles. The number of hydrogen-bond donors (Lipinski definition) is 1. The number of carbonyl (C=O) groups excluding carboxylic acids is 3. The van der Waals surface area contributed by atoms with Gasteiger partial charge in [-0.15, -0.1) is 0 Å². The summed E-state index contributed by atoms with van der Waals surface area (Å²) in [5.41, 5.74) is -0.361. The van der Waals surface area contributed by atoms with E-state index in [4.69, 9.17) is 0 Å². The van der Waals surface area contributed by atoms with Crippen molar-refractivity contribution in [2.45, 2.75) is 50.6 Å². The van der Waals surface area contributed by atoms with E-state index in [1.165, 1.54) is 31.2 Å². The first kappa shape index (κ1) is 22.4. The van der Waals surface area contributed by atoms with Gasteiger partial charge in [-0.2, -0.15) is 0 Å². The number of imide groups is 1. The summed E-state index contributed by atoms with van der Waals surface area (Å²) in [6.07, 6.45) is 4.95. The number of benzene rings is 2. The summed E-state index contributed by atoms with van der Waals surface area (Å²) < 4.78 is 0. The first-order valence-corrected chi connectivity index (χ1v) is 11.1. The molecule has 2 fully saturated rings. The normalized spacial score (nSPS) is 21.1. The van der Waals surface area contributed by atoms with Crippen molar-refractivity contribution in [3.63, 3.8) is 0 Å². The van der Waals surface area contributed by atoms with E-state index in [-0.39, 0.29) is 24.2 Å². The van der Waals surface area contributed by atoms with Crippen molar-refractivity contribution in [3.05, 3.63) is 70.3 Å². The fourth-order valence-corrected chi connectivity index (χ4v) is 4.65. The topological polar surface area (TPSA) is 113 Å². The summed E-state index contributed by atoms with van der Waals surface area (Å²) in [7, 11) is 0. The van der Waals surface area contributed by atoms with Crippen LogP contribution in [0.5, 0.6) is 0 Å². The molecule has 2 aromatic carbocycles. The van der Waals surface area contributed by atoms with Crippen molar-refractivity contribution in [2.75, 3.05) is 11.4 Å². The molecule has 1 heterocycles. The number of nitrogens with zero attached hydrogens (tertiary/aromatic N) is 3. The van der Waals surface area contributed by atoms with Crippen LogP contribution in [0.2, 0.25) is 0 Å². The van der Waals surface area contributed by atoms with Crippen LogP contribution in [0.1, 0.15) is 44.6 Å². The molecule has 1 saturated carbocycles. The fraction of sp³-hybridized carbons (Fsp3) is 0.375. The highest BCUT2D eigenvalue weighted by atomic mass is 16.6. The van der Waals surface area contributed by atoms with Crippen LogP contribution in [0.4, 0.5) is 16.2 Å². The SMILES string of the molecule is CC1(c2ccc([N+](=O)[O-])cc2)NC(=O)N(CC(=O)N(c2ccccc2)C2CCCCC2)C1=O. The average Bonchev–Trinajstić information content (AvgIpc) is 3.04. The minimum absolute atomic E-state index is 0.0236. The van der Waals surface area contributed by atoms with Gasteiger partial charge in [-0.1, -0.05) is 37.5 Å². The zero-order chi connectivity index (χ0) is 23.6. The summed E-state index contributed by atoms with van der Waals surface area (Å²) >= 11 is 0. The second-order valence-electron chi connectivity index (χ2n) is 8.64. The molecule has 0 spiro atoms. The molecular formula is C24H26N4O5. The van der Waals surface area contributed by atoms with Crippen LogP contribution >= 0.6 is 0 Å². The van der Waals surface area contributed by atoms with Crippen LogP contribution in [0.25, 0.3) is 0 Å². The third kappa shape index (κ3) is 4.30. The molecule has 0 bridgehead atoms. The monoisotopic (exact) mass is 450 g/mol. The number of nitro groups is 1. The number of non-ortho nitro benzene ring substituents is 1. The number of nitro benzene ring substituents is 1. The van der Waals surface area contributed by atoms with Gasteiger partial charge >= 0.3 is 6.03 Å². The van der Waals surface area contributed by atoms with Crippen LogP contribution in [-0.2, 0) is 15.1 Å². The zero-order valence-corrected chi connectivity index (χ0v) is 18.4. The van der Waals surface area contributed by atoms with Crippen LogP contribution in [0.3, 0.4) is 0 Å². The number of carbonyl (C=O) groups is 3. The van der Waals surface area contributed by atoms with Crippen LogP contribution in [-0.4, -0.2) is 40.3 Å². The van der Waals surface area contributed by atoms with E-state index in [0.717, 1.165) is 42.7 Å². The lowest BCUT2D eigenvalue weighted by molar-refractivity contribution is -0.384. The molecule has 4 amide bonds. The third-order valence-electron chi connectivity index (χ3n) is 6.47. The summed E-state index contributed by atoms with van der Waals surface area (Å²) in [5.74, 6) is -0.879. The highest BCUT2D eigenvalue weighted by Gasteiger charge is 2.50. The molecule has 1 atom stereocenters.